The largest absolute Gasteiger partial charge is 0.466 e. The van der Waals surface area contributed by atoms with Crippen molar-refractivity contribution in [3.05, 3.63) is 41.6 Å². The summed E-state index contributed by atoms with van der Waals surface area (Å²) in [4.78, 5) is 11.3. The molecule has 6 heteroatoms. The number of carbonyl (C=O) groups is 1. The topological polar surface area (TPSA) is 73.0 Å². The van der Waals surface area contributed by atoms with Gasteiger partial charge in [-0.05, 0) is 12.1 Å². The van der Waals surface area contributed by atoms with Crippen molar-refractivity contribution < 1.29 is 19.5 Å². The molecule has 2 aromatic rings. The van der Waals surface area contributed by atoms with E-state index < -0.39 is 5.97 Å². The normalized spacial score (nSPS) is 11.7. The average molecular weight is 288 g/mol. The van der Waals surface area contributed by atoms with E-state index in [4.69, 9.17) is 9.94 Å². The second kappa shape index (κ2) is 6.71. The zero-order valence-corrected chi connectivity index (χ0v) is 11.8. The number of hydrogen-bond acceptors (Lipinski definition) is 5. The lowest BCUT2D eigenvalue weighted by Gasteiger charge is -2.06. The van der Waals surface area contributed by atoms with Crippen molar-refractivity contribution in [3.8, 4) is 0 Å². The molecule has 0 saturated heterocycles. The minimum absolute atomic E-state index is 0.300. The lowest BCUT2D eigenvalue weighted by molar-refractivity contribution is -0.134. The lowest BCUT2D eigenvalue weighted by atomic mass is 10.1. The number of methoxy groups -OCH3 is 2. The zero-order chi connectivity index (χ0) is 15.2. The van der Waals surface area contributed by atoms with Gasteiger partial charge in [-0.15, -0.1) is 0 Å². The molecule has 0 spiro atoms. The number of benzene rings is 1. The summed E-state index contributed by atoms with van der Waals surface area (Å²) >= 11 is 0. The van der Waals surface area contributed by atoms with E-state index in [2.05, 4.69) is 9.89 Å². The van der Waals surface area contributed by atoms with Crippen LogP contribution in [-0.4, -0.2) is 36.2 Å². The Hall–Kier alpha value is -2.60. The summed E-state index contributed by atoms with van der Waals surface area (Å²) in [7, 11) is 2.90. The van der Waals surface area contributed by atoms with Crippen LogP contribution in [0, 0.1) is 0 Å². The summed E-state index contributed by atoms with van der Waals surface area (Å²) in [5.41, 5.74) is 2.31. The minimum atomic E-state index is -0.453. The maximum absolute atomic E-state index is 11.3. The van der Waals surface area contributed by atoms with E-state index in [9.17, 15) is 4.79 Å². The highest BCUT2D eigenvalue weighted by Gasteiger charge is 2.14. The number of carbonyl (C=O) groups excluding carboxylic acids is 1. The number of ether oxygens (including phenoxy) is 2. The van der Waals surface area contributed by atoms with Crippen molar-refractivity contribution >= 4 is 29.2 Å². The van der Waals surface area contributed by atoms with Gasteiger partial charge in [0.05, 0.1) is 24.5 Å². The number of para-hydroxylation sites is 1. The van der Waals surface area contributed by atoms with Crippen molar-refractivity contribution in [2.45, 2.75) is 6.73 Å². The number of esters is 1. The molecule has 0 fully saturated rings. The Morgan fingerprint density at radius 1 is 1.38 bits per heavy atom. The molecule has 0 aliphatic rings. The van der Waals surface area contributed by atoms with Crippen molar-refractivity contribution in [1.29, 1.82) is 0 Å². The van der Waals surface area contributed by atoms with Gasteiger partial charge in [-0.3, -0.25) is 0 Å². The van der Waals surface area contributed by atoms with Gasteiger partial charge < -0.3 is 19.2 Å². The van der Waals surface area contributed by atoms with E-state index in [1.165, 1.54) is 19.4 Å². The molecule has 1 aromatic carbocycles. The first-order valence-corrected chi connectivity index (χ1v) is 6.26. The van der Waals surface area contributed by atoms with Crippen LogP contribution in [0.2, 0.25) is 0 Å². The van der Waals surface area contributed by atoms with Gasteiger partial charge in [-0.1, -0.05) is 23.4 Å². The van der Waals surface area contributed by atoms with Gasteiger partial charge in [0.1, 0.15) is 6.73 Å². The molecule has 110 valence electrons. The minimum Gasteiger partial charge on any atom is -0.466 e. The molecule has 6 nitrogen and oxygen atoms in total. The molecule has 0 amide bonds. The summed E-state index contributed by atoms with van der Waals surface area (Å²) in [6.45, 7) is 0.300. The Bertz CT molecular complexity index is 701. The molecule has 0 unspecified atom stereocenters. The molecule has 0 saturated carbocycles. The number of oxime groups is 1. The summed E-state index contributed by atoms with van der Waals surface area (Å²) in [6, 6.07) is 7.66. The summed E-state index contributed by atoms with van der Waals surface area (Å²) in [6.07, 6.45) is 4.28. The Balaban J connectivity index is 2.68. The molecule has 0 atom stereocenters. The molecule has 0 aliphatic heterocycles. The van der Waals surface area contributed by atoms with Crippen LogP contribution in [0.4, 0.5) is 0 Å². The Morgan fingerprint density at radius 2 is 2.14 bits per heavy atom. The van der Waals surface area contributed by atoms with Gasteiger partial charge in [0.15, 0.2) is 0 Å². The van der Waals surface area contributed by atoms with Crippen LogP contribution in [0.15, 0.2) is 35.5 Å². The average Bonchev–Trinajstić information content (AvgIpc) is 2.80. The molecular formula is C15H16N2O4. The van der Waals surface area contributed by atoms with E-state index in [0.717, 1.165) is 16.5 Å². The fraction of sp³-hybridized carbons (Fsp3) is 0.200. The maximum Gasteiger partial charge on any atom is 0.330 e. The van der Waals surface area contributed by atoms with Gasteiger partial charge in [0, 0.05) is 24.1 Å². The van der Waals surface area contributed by atoms with Crippen LogP contribution < -0.4 is 0 Å². The van der Waals surface area contributed by atoms with Crippen molar-refractivity contribution in [2.75, 3.05) is 14.2 Å². The highest BCUT2D eigenvalue weighted by Crippen LogP contribution is 2.26. The highest BCUT2D eigenvalue weighted by molar-refractivity contribution is 6.01. The lowest BCUT2D eigenvalue weighted by Crippen LogP contribution is -2.04. The predicted octanol–water partition coefficient (Wildman–Crippen LogP) is 2.24. The first-order chi connectivity index (χ1) is 10.2. The zero-order valence-electron chi connectivity index (χ0n) is 11.8. The van der Waals surface area contributed by atoms with Crippen LogP contribution in [0.25, 0.3) is 17.0 Å². The van der Waals surface area contributed by atoms with Crippen LogP contribution in [0.3, 0.4) is 0 Å². The molecule has 0 bridgehead atoms. The molecule has 0 aliphatic carbocycles. The Labute approximate surface area is 121 Å². The predicted molar refractivity (Wildman–Crippen MR) is 79.4 cm³/mol. The molecule has 1 aromatic heterocycles. The number of nitrogens with zero attached hydrogens (tertiary/aromatic N) is 2. The summed E-state index contributed by atoms with van der Waals surface area (Å²) in [5.74, 6) is -0.453. The molecule has 1 N–H and O–H groups in total. The monoisotopic (exact) mass is 288 g/mol. The smallest absolute Gasteiger partial charge is 0.330 e. The third kappa shape index (κ3) is 2.95. The quantitative estimate of drug-likeness (QED) is 0.301. The first-order valence-electron chi connectivity index (χ1n) is 6.26. The fourth-order valence-corrected chi connectivity index (χ4v) is 2.21. The second-order valence-electron chi connectivity index (χ2n) is 4.26. The SMILES string of the molecule is COCn1c(C=NO)c(C=CC(=O)OC)c2ccccc21. The molecule has 21 heavy (non-hydrogen) atoms. The van der Waals surface area contributed by atoms with Crippen molar-refractivity contribution in [3.63, 3.8) is 0 Å². The van der Waals surface area contributed by atoms with Crippen LogP contribution in [-0.2, 0) is 21.0 Å². The Morgan fingerprint density at radius 3 is 2.81 bits per heavy atom. The van der Waals surface area contributed by atoms with Crippen molar-refractivity contribution in [2.24, 2.45) is 5.16 Å². The maximum atomic E-state index is 11.3. The van der Waals surface area contributed by atoms with Crippen LogP contribution in [0.5, 0.6) is 0 Å². The summed E-state index contributed by atoms with van der Waals surface area (Å²) in [5, 5.41) is 12.9. The highest BCUT2D eigenvalue weighted by atomic mass is 16.5. The van der Waals surface area contributed by atoms with Gasteiger partial charge in [0.25, 0.3) is 0 Å². The van der Waals surface area contributed by atoms with Gasteiger partial charge in [0.2, 0.25) is 0 Å². The van der Waals surface area contributed by atoms with Crippen LogP contribution >= 0.6 is 0 Å². The standard InChI is InChI=1S/C15H16N2O4/c1-20-10-17-13-6-4-3-5-11(13)12(14(17)9-16-19)7-8-15(18)21-2/h3-9,19H,10H2,1-2H3. The Kier molecular flexibility index (Phi) is 4.73. The van der Waals surface area contributed by atoms with E-state index in [-0.39, 0.29) is 0 Å². The summed E-state index contributed by atoms with van der Waals surface area (Å²) < 4.78 is 11.6. The number of hydrogen-bond donors (Lipinski definition) is 1. The second-order valence-corrected chi connectivity index (χ2v) is 4.26. The van der Waals surface area contributed by atoms with E-state index in [1.807, 2.05) is 28.8 Å². The third-order valence-corrected chi connectivity index (χ3v) is 3.08. The number of aromatic nitrogens is 1. The van der Waals surface area contributed by atoms with Crippen molar-refractivity contribution in [1.82, 2.24) is 4.57 Å². The molecule has 1 heterocycles. The fourth-order valence-electron chi connectivity index (χ4n) is 2.21. The molecular weight excluding hydrogens is 272 g/mol. The number of fused-ring (bicyclic) bond motifs is 1. The van der Waals surface area contributed by atoms with Gasteiger partial charge >= 0.3 is 5.97 Å². The van der Waals surface area contributed by atoms with Gasteiger partial charge in [-0.2, -0.15) is 0 Å². The van der Waals surface area contributed by atoms with Crippen LogP contribution in [0.1, 0.15) is 11.3 Å². The van der Waals surface area contributed by atoms with E-state index >= 15 is 0 Å². The van der Waals surface area contributed by atoms with Gasteiger partial charge in [-0.25, -0.2) is 4.79 Å². The van der Waals surface area contributed by atoms with E-state index in [0.29, 0.717) is 12.4 Å². The third-order valence-electron chi connectivity index (χ3n) is 3.08. The van der Waals surface area contributed by atoms with E-state index in [1.54, 1.807) is 13.2 Å². The first kappa shape index (κ1) is 14.8. The molecule has 2 rings (SSSR count). The number of rotatable bonds is 5. The molecule has 0 radical (unpaired) electrons.